The predicted molar refractivity (Wildman–Crippen MR) is 103 cm³/mol. The van der Waals surface area contributed by atoms with Crippen LogP contribution in [0.1, 0.15) is 20.2 Å². The number of hydrogen-bond acceptors (Lipinski definition) is 4. The second kappa shape index (κ2) is 7.05. The maximum Gasteiger partial charge on any atom is 0.291 e. The van der Waals surface area contributed by atoms with E-state index < -0.39 is 0 Å². The third kappa shape index (κ3) is 3.58. The highest BCUT2D eigenvalue weighted by Crippen LogP contribution is 2.28. The minimum Gasteiger partial charge on any atom is -0.459 e. The quantitative estimate of drug-likeness (QED) is 0.515. The maximum atomic E-state index is 13.8. The molecule has 2 heterocycles. The van der Waals surface area contributed by atoms with E-state index in [9.17, 15) is 14.0 Å². The smallest absolute Gasteiger partial charge is 0.291 e. The Morgan fingerprint density at radius 3 is 2.33 bits per heavy atom. The average Bonchev–Trinajstić information content (AvgIpc) is 3.32. The average molecular weight is 380 g/mol. The van der Waals surface area contributed by atoms with Crippen LogP contribution in [0.4, 0.5) is 15.8 Å². The lowest BCUT2D eigenvalue weighted by molar-refractivity contribution is 0.0995. The van der Waals surface area contributed by atoms with Gasteiger partial charge in [-0.05, 0) is 48.5 Å². The first kappa shape index (κ1) is 17.0. The molecular weight excluding hydrogens is 367 g/mol. The van der Waals surface area contributed by atoms with Crippen molar-refractivity contribution in [1.29, 1.82) is 0 Å². The van der Waals surface area contributed by atoms with Crippen molar-refractivity contribution in [3.8, 4) is 0 Å². The van der Waals surface area contributed by atoms with E-state index in [4.69, 9.17) is 4.42 Å². The maximum absolute atomic E-state index is 13.8. The number of carbonyl (C=O) groups excluding carboxylic acids is 2. The van der Waals surface area contributed by atoms with Gasteiger partial charge in [-0.15, -0.1) is 11.3 Å². The van der Waals surface area contributed by atoms with E-state index in [-0.39, 0.29) is 23.4 Å². The van der Waals surface area contributed by atoms with Crippen LogP contribution in [-0.4, -0.2) is 11.8 Å². The zero-order chi connectivity index (χ0) is 18.8. The molecule has 0 fully saturated rings. The summed E-state index contributed by atoms with van der Waals surface area (Å²) in [4.78, 5) is 24.9. The van der Waals surface area contributed by atoms with Crippen LogP contribution in [0, 0.1) is 5.82 Å². The molecule has 2 aromatic heterocycles. The fourth-order valence-corrected chi connectivity index (χ4v) is 3.58. The van der Waals surface area contributed by atoms with Gasteiger partial charge in [0.25, 0.3) is 11.8 Å². The van der Waals surface area contributed by atoms with Gasteiger partial charge in [0.1, 0.15) is 5.82 Å². The first-order valence-electron chi connectivity index (χ1n) is 8.04. The summed E-state index contributed by atoms with van der Waals surface area (Å²) in [5.41, 5.74) is 1.02. The fourth-order valence-electron chi connectivity index (χ4n) is 2.61. The van der Waals surface area contributed by atoms with Gasteiger partial charge in [0, 0.05) is 21.5 Å². The van der Waals surface area contributed by atoms with Crippen molar-refractivity contribution in [3.05, 3.63) is 83.4 Å². The number of hydrogen-bond donors (Lipinski definition) is 2. The van der Waals surface area contributed by atoms with Gasteiger partial charge in [-0.2, -0.15) is 0 Å². The number of amides is 2. The topological polar surface area (TPSA) is 71.3 Å². The number of carbonyl (C=O) groups is 2. The second-order valence-electron chi connectivity index (χ2n) is 5.73. The Hall–Kier alpha value is -3.45. The number of furan rings is 1. The summed E-state index contributed by atoms with van der Waals surface area (Å²) in [5.74, 6) is -0.893. The van der Waals surface area contributed by atoms with Gasteiger partial charge in [-0.1, -0.05) is 12.1 Å². The Labute approximate surface area is 157 Å². The SMILES string of the molecule is O=C(Nc1cccc(NC(=O)c2cc3c(F)cccc3s2)c1)c1ccco1. The van der Waals surface area contributed by atoms with Crippen LogP contribution < -0.4 is 10.6 Å². The molecule has 5 nitrogen and oxygen atoms in total. The molecule has 27 heavy (non-hydrogen) atoms. The zero-order valence-electron chi connectivity index (χ0n) is 13.9. The molecule has 4 aromatic rings. The van der Waals surface area contributed by atoms with Gasteiger partial charge < -0.3 is 15.1 Å². The Bertz CT molecular complexity index is 1140. The number of halogens is 1. The highest BCUT2D eigenvalue weighted by atomic mass is 32.1. The van der Waals surface area contributed by atoms with Crippen LogP contribution in [-0.2, 0) is 0 Å². The molecule has 134 valence electrons. The lowest BCUT2D eigenvalue weighted by Gasteiger charge is -2.07. The summed E-state index contributed by atoms with van der Waals surface area (Å²) in [7, 11) is 0. The van der Waals surface area contributed by atoms with Crippen molar-refractivity contribution in [2.24, 2.45) is 0 Å². The van der Waals surface area contributed by atoms with Gasteiger partial charge in [0.05, 0.1) is 11.1 Å². The molecule has 7 heteroatoms. The van der Waals surface area contributed by atoms with Gasteiger partial charge in [-0.25, -0.2) is 4.39 Å². The number of nitrogens with one attached hydrogen (secondary N) is 2. The highest BCUT2D eigenvalue weighted by molar-refractivity contribution is 7.20. The van der Waals surface area contributed by atoms with E-state index in [1.165, 1.54) is 29.7 Å². The van der Waals surface area contributed by atoms with Gasteiger partial charge in [0.2, 0.25) is 0 Å². The molecule has 0 aliphatic carbocycles. The van der Waals surface area contributed by atoms with E-state index in [1.807, 2.05) is 0 Å². The molecule has 2 amide bonds. The Kier molecular flexibility index (Phi) is 4.43. The van der Waals surface area contributed by atoms with Crippen molar-refractivity contribution in [1.82, 2.24) is 0 Å². The van der Waals surface area contributed by atoms with Gasteiger partial charge in [0.15, 0.2) is 5.76 Å². The Morgan fingerprint density at radius 1 is 0.889 bits per heavy atom. The summed E-state index contributed by atoms with van der Waals surface area (Å²) in [6.07, 6.45) is 1.42. The minimum atomic E-state index is -0.386. The lowest BCUT2D eigenvalue weighted by atomic mass is 10.2. The summed E-state index contributed by atoms with van der Waals surface area (Å²) < 4.78 is 19.6. The molecular formula is C20H13FN2O3S. The van der Waals surface area contributed by atoms with Crippen molar-refractivity contribution in [2.75, 3.05) is 10.6 Å². The largest absolute Gasteiger partial charge is 0.459 e. The van der Waals surface area contributed by atoms with E-state index in [0.29, 0.717) is 26.3 Å². The number of thiophene rings is 1. The summed E-state index contributed by atoms with van der Waals surface area (Å²) in [6, 6.07) is 16.2. The summed E-state index contributed by atoms with van der Waals surface area (Å²) >= 11 is 1.22. The minimum absolute atomic E-state index is 0.191. The highest BCUT2D eigenvalue weighted by Gasteiger charge is 2.13. The fraction of sp³-hybridized carbons (Fsp3) is 0. The molecule has 0 atom stereocenters. The third-order valence-corrected chi connectivity index (χ3v) is 4.95. The molecule has 0 unspecified atom stereocenters. The molecule has 2 N–H and O–H groups in total. The zero-order valence-corrected chi connectivity index (χ0v) is 14.7. The molecule has 0 spiro atoms. The van der Waals surface area contributed by atoms with Crippen molar-refractivity contribution in [3.63, 3.8) is 0 Å². The Morgan fingerprint density at radius 2 is 1.63 bits per heavy atom. The molecule has 0 bridgehead atoms. The predicted octanol–water partition coefficient (Wildman–Crippen LogP) is 5.14. The molecule has 2 aromatic carbocycles. The lowest BCUT2D eigenvalue weighted by Crippen LogP contribution is -2.12. The molecule has 0 saturated heterocycles. The van der Waals surface area contributed by atoms with Crippen molar-refractivity contribution >= 4 is 44.6 Å². The van der Waals surface area contributed by atoms with E-state index in [2.05, 4.69) is 10.6 Å². The van der Waals surface area contributed by atoms with Crippen LogP contribution >= 0.6 is 11.3 Å². The number of rotatable bonds is 4. The second-order valence-corrected chi connectivity index (χ2v) is 6.81. The van der Waals surface area contributed by atoms with Gasteiger partial charge in [-0.3, -0.25) is 9.59 Å². The Balaban J connectivity index is 1.51. The van der Waals surface area contributed by atoms with Crippen LogP contribution in [0.3, 0.4) is 0 Å². The number of benzene rings is 2. The standard InChI is InChI=1S/C20H13FN2O3S/c21-15-6-2-8-17-14(15)11-18(27-17)20(25)23-13-5-1-4-12(10-13)22-19(24)16-7-3-9-26-16/h1-11H,(H,22,24)(H,23,25). The first-order valence-corrected chi connectivity index (χ1v) is 8.86. The summed E-state index contributed by atoms with van der Waals surface area (Å²) in [6.45, 7) is 0. The van der Waals surface area contributed by atoms with Crippen LogP contribution in [0.15, 0.2) is 71.3 Å². The van der Waals surface area contributed by atoms with Crippen LogP contribution in [0.5, 0.6) is 0 Å². The molecule has 0 radical (unpaired) electrons. The van der Waals surface area contributed by atoms with E-state index >= 15 is 0 Å². The summed E-state index contributed by atoms with van der Waals surface area (Å²) in [5, 5.41) is 5.88. The van der Waals surface area contributed by atoms with Crippen LogP contribution in [0.2, 0.25) is 0 Å². The normalized spacial score (nSPS) is 10.7. The molecule has 0 saturated carbocycles. The van der Waals surface area contributed by atoms with Crippen molar-refractivity contribution in [2.45, 2.75) is 0 Å². The van der Waals surface area contributed by atoms with Crippen LogP contribution in [0.25, 0.3) is 10.1 Å². The number of anilines is 2. The van der Waals surface area contributed by atoms with E-state index in [1.54, 1.807) is 48.5 Å². The molecule has 0 aliphatic heterocycles. The molecule has 4 rings (SSSR count). The van der Waals surface area contributed by atoms with E-state index in [0.717, 1.165) is 0 Å². The first-order chi connectivity index (χ1) is 13.1. The molecule has 0 aliphatic rings. The monoisotopic (exact) mass is 380 g/mol. The number of fused-ring (bicyclic) bond motifs is 1. The van der Waals surface area contributed by atoms with Crippen molar-refractivity contribution < 1.29 is 18.4 Å². The van der Waals surface area contributed by atoms with Gasteiger partial charge >= 0.3 is 0 Å². The third-order valence-electron chi connectivity index (χ3n) is 3.86.